The second kappa shape index (κ2) is 5.83. The monoisotopic (exact) mass is 290 g/mol. The maximum Gasteiger partial charge on any atom is 0.326 e. The van der Waals surface area contributed by atoms with Gasteiger partial charge in [-0.15, -0.1) is 0 Å². The van der Waals surface area contributed by atoms with Crippen LogP contribution in [0.1, 0.15) is 22.7 Å². The van der Waals surface area contributed by atoms with E-state index in [1.54, 1.807) is 6.92 Å². The molecule has 0 bridgehead atoms. The summed E-state index contributed by atoms with van der Waals surface area (Å²) in [6.07, 6.45) is 0.783. The van der Waals surface area contributed by atoms with Gasteiger partial charge in [-0.3, -0.25) is 4.79 Å². The Morgan fingerprint density at radius 1 is 1.53 bits per heavy atom. The summed E-state index contributed by atoms with van der Waals surface area (Å²) in [5, 5.41) is 14.5. The molecule has 0 aliphatic carbocycles. The van der Waals surface area contributed by atoms with E-state index in [1.807, 2.05) is 0 Å². The van der Waals surface area contributed by atoms with E-state index in [0.717, 1.165) is 6.26 Å². The van der Waals surface area contributed by atoms with Crippen LogP contribution in [-0.4, -0.2) is 48.6 Å². The van der Waals surface area contributed by atoms with Gasteiger partial charge in [0.15, 0.2) is 5.69 Å². The van der Waals surface area contributed by atoms with Gasteiger partial charge < -0.3 is 14.9 Å². The molecule has 0 aliphatic heterocycles. The lowest BCUT2D eigenvalue weighted by molar-refractivity contribution is -0.139. The van der Waals surface area contributed by atoms with Crippen LogP contribution in [0.25, 0.3) is 0 Å². The molecular formula is C10H14N2O6S. The van der Waals surface area contributed by atoms with Crippen LogP contribution in [0, 0.1) is 6.92 Å². The van der Waals surface area contributed by atoms with E-state index >= 15 is 0 Å². The number of aryl methyl sites for hydroxylation is 1. The van der Waals surface area contributed by atoms with Crippen molar-refractivity contribution in [1.29, 1.82) is 0 Å². The van der Waals surface area contributed by atoms with Gasteiger partial charge in [0.05, 0.1) is 5.75 Å². The molecule has 1 unspecified atom stereocenters. The van der Waals surface area contributed by atoms with Gasteiger partial charge in [0.1, 0.15) is 21.6 Å². The normalized spacial score (nSPS) is 12.9. The van der Waals surface area contributed by atoms with Crippen molar-refractivity contribution in [2.45, 2.75) is 19.4 Å². The first kappa shape index (κ1) is 15.2. The summed E-state index contributed by atoms with van der Waals surface area (Å²) < 4.78 is 26.7. The number of hydrogen-bond donors (Lipinski definition) is 2. The molecule has 1 heterocycles. The zero-order chi connectivity index (χ0) is 14.6. The van der Waals surface area contributed by atoms with Crippen LogP contribution in [0.4, 0.5) is 0 Å². The molecule has 1 aromatic heterocycles. The molecular weight excluding hydrogens is 276 g/mol. The maximum absolute atomic E-state index is 11.7. The summed E-state index contributed by atoms with van der Waals surface area (Å²) in [4.78, 5) is 22.6. The highest BCUT2D eigenvalue weighted by molar-refractivity contribution is 7.90. The zero-order valence-electron chi connectivity index (χ0n) is 10.4. The van der Waals surface area contributed by atoms with Crippen LogP contribution in [0.5, 0.6) is 0 Å². The predicted octanol–water partition coefficient (Wildman–Crippen LogP) is -0.399. The van der Waals surface area contributed by atoms with Crippen molar-refractivity contribution >= 4 is 21.7 Å². The molecule has 1 amide bonds. The molecule has 0 aromatic carbocycles. The lowest BCUT2D eigenvalue weighted by Crippen LogP contribution is -2.42. The Bertz CT molecular complexity index is 577. The largest absolute Gasteiger partial charge is 0.480 e. The van der Waals surface area contributed by atoms with E-state index in [0.29, 0.717) is 5.76 Å². The quantitative estimate of drug-likeness (QED) is 0.729. The highest BCUT2D eigenvalue weighted by Gasteiger charge is 2.23. The van der Waals surface area contributed by atoms with Crippen molar-refractivity contribution in [2.75, 3.05) is 12.0 Å². The van der Waals surface area contributed by atoms with Crippen LogP contribution in [0.3, 0.4) is 0 Å². The van der Waals surface area contributed by atoms with E-state index in [4.69, 9.17) is 5.11 Å². The van der Waals surface area contributed by atoms with Crippen LogP contribution < -0.4 is 5.32 Å². The number of aliphatic carboxylic acids is 1. The van der Waals surface area contributed by atoms with Gasteiger partial charge in [0.25, 0.3) is 5.91 Å². The number of carbonyl (C=O) groups excluding carboxylic acids is 1. The highest BCUT2D eigenvalue weighted by atomic mass is 32.2. The first-order valence-electron chi connectivity index (χ1n) is 5.34. The van der Waals surface area contributed by atoms with Crippen molar-refractivity contribution < 1.29 is 27.6 Å². The molecule has 0 radical (unpaired) electrons. The molecule has 0 saturated heterocycles. The zero-order valence-corrected chi connectivity index (χ0v) is 11.2. The molecule has 0 fully saturated rings. The third-order valence-corrected chi connectivity index (χ3v) is 3.22. The number of aromatic nitrogens is 1. The van der Waals surface area contributed by atoms with Crippen LogP contribution in [0.15, 0.2) is 10.6 Å². The second-order valence-electron chi connectivity index (χ2n) is 4.11. The number of hydrogen-bond acceptors (Lipinski definition) is 6. The fourth-order valence-corrected chi connectivity index (χ4v) is 1.96. The minimum atomic E-state index is -3.30. The first-order chi connectivity index (χ1) is 8.69. The predicted molar refractivity (Wildman–Crippen MR) is 64.5 cm³/mol. The maximum atomic E-state index is 11.7. The molecule has 8 nitrogen and oxygen atoms in total. The standard InChI is InChI=1S/C10H14N2O6S/c1-6-5-8(12-18-6)9(13)11-7(10(14)15)3-4-19(2,16)17/h5,7H,3-4H2,1-2H3,(H,11,13)(H,14,15). The summed E-state index contributed by atoms with van der Waals surface area (Å²) in [7, 11) is -3.30. The Morgan fingerprint density at radius 3 is 2.58 bits per heavy atom. The van der Waals surface area contributed by atoms with Crippen molar-refractivity contribution in [3.05, 3.63) is 17.5 Å². The van der Waals surface area contributed by atoms with Crippen molar-refractivity contribution in [1.82, 2.24) is 10.5 Å². The second-order valence-corrected chi connectivity index (χ2v) is 6.37. The molecule has 2 N–H and O–H groups in total. The van der Waals surface area contributed by atoms with Crippen molar-refractivity contribution in [3.8, 4) is 0 Å². The molecule has 0 spiro atoms. The Hall–Kier alpha value is -1.90. The van der Waals surface area contributed by atoms with Gasteiger partial charge in [-0.2, -0.15) is 0 Å². The fraction of sp³-hybridized carbons (Fsp3) is 0.500. The first-order valence-corrected chi connectivity index (χ1v) is 7.40. The van der Waals surface area contributed by atoms with Gasteiger partial charge in [-0.25, -0.2) is 13.2 Å². The molecule has 1 rings (SSSR count). The molecule has 9 heteroatoms. The number of rotatable bonds is 6. The minimum Gasteiger partial charge on any atom is -0.480 e. The van der Waals surface area contributed by atoms with E-state index in [2.05, 4.69) is 15.0 Å². The summed E-state index contributed by atoms with van der Waals surface area (Å²) >= 11 is 0. The lowest BCUT2D eigenvalue weighted by Gasteiger charge is -2.12. The Labute approximate surface area is 109 Å². The molecule has 19 heavy (non-hydrogen) atoms. The Morgan fingerprint density at radius 2 is 2.16 bits per heavy atom. The number of sulfone groups is 1. The molecule has 0 aliphatic rings. The third kappa shape index (κ3) is 5.08. The van der Waals surface area contributed by atoms with Crippen molar-refractivity contribution in [3.63, 3.8) is 0 Å². The summed E-state index contributed by atoms with van der Waals surface area (Å²) in [5.41, 5.74) is -0.0527. The van der Waals surface area contributed by atoms with Crippen LogP contribution in [-0.2, 0) is 14.6 Å². The smallest absolute Gasteiger partial charge is 0.326 e. The summed E-state index contributed by atoms with van der Waals surface area (Å²) in [5.74, 6) is -1.95. The van der Waals surface area contributed by atoms with Gasteiger partial charge in [0, 0.05) is 12.3 Å². The highest BCUT2D eigenvalue weighted by Crippen LogP contribution is 2.03. The average molecular weight is 290 g/mol. The Kier molecular flexibility index (Phi) is 4.65. The number of carboxylic acid groups (broad SMARTS) is 1. The summed E-state index contributed by atoms with van der Waals surface area (Å²) in [6.45, 7) is 1.59. The molecule has 1 aromatic rings. The third-order valence-electron chi connectivity index (χ3n) is 2.24. The topological polar surface area (TPSA) is 127 Å². The van der Waals surface area contributed by atoms with Crippen LogP contribution in [0.2, 0.25) is 0 Å². The fourth-order valence-electron chi connectivity index (χ4n) is 1.29. The van der Waals surface area contributed by atoms with E-state index in [1.165, 1.54) is 6.07 Å². The van der Waals surface area contributed by atoms with Crippen LogP contribution >= 0.6 is 0 Å². The van der Waals surface area contributed by atoms with E-state index < -0.39 is 27.8 Å². The average Bonchev–Trinajstić information content (AvgIpc) is 2.69. The van der Waals surface area contributed by atoms with E-state index in [9.17, 15) is 18.0 Å². The number of amides is 1. The Balaban J connectivity index is 2.68. The van der Waals surface area contributed by atoms with Gasteiger partial charge in [-0.05, 0) is 13.3 Å². The lowest BCUT2D eigenvalue weighted by atomic mass is 10.2. The number of nitrogens with zero attached hydrogens (tertiary/aromatic N) is 1. The SMILES string of the molecule is Cc1cc(C(=O)NC(CCS(C)(=O)=O)C(=O)O)no1. The minimum absolute atomic E-state index is 0.0527. The number of nitrogens with one attached hydrogen (secondary N) is 1. The molecule has 1 atom stereocenters. The molecule has 0 saturated carbocycles. The summed E-state index contributed by atoms with van der Waals surface area (Å²) in [6, 6.07) is 0.0596. The number of carbonyl (C=O) groups is 2. The van der Waals surface area contributed by atoms with E-state index in [-0.39, 0.29) is 17.9 Å². The van der Waals surface area contributed by atoms with Gasteiger partial charge in [-0.1, -0.05) is 5.16 Å². The van der Waals surface area contributed by atoms with Crippen molar-refractivity contribution in [2.24, 2.45) is 0 Å². The van der Waals surface area contributed by atoms with Gasteiger partial charge in [0.2, 0.25) is 0 Å². The van der Waals surface area contributed by atoms with Gasteiger partial charge >= 0.3 is 5.97 Å². The molecule has 106 valence electrons. The number of carboxylic acids is 1.